The fraction of sp³-hybridized carbons (Fsp3) is 0.250. The summed E-state index contributed by atoms with van der Waals surface area (Å²) in [5.74, 6) is 0.128. The Hall–Kier alpha value is -1.63. The van der Waals surface area contributed by atoms with Gasteiger partial charge in [0, 0.05) is 12.4 Å². The number of hydrogen-bond donors (Lipinski definition) is 1. The predicted octanol–water partition coefficient (Wildman–Crippen LogP) is 0.0902. The SMILES string of the molecule is CC(Sc1nc2ncccn2n1)C(N)=O. The Kier molecular flexibility index (Phi) is 2.55. The Bertz CT molecular complexity index is 463. The van der Waals surface area contributed by atoms with Gasteiger partial charge in [0.25, 0.3) is 5.78 Å². The van der Waals surface area contributed by atoms with E-state index in [1.807, 2.05) is 0 Å². The van der Waals surface area contributed by atoms with Crippen molar-refractivity contribution < 1.29 is 4.79 Å². The Balaban J connectivity index is 2.26. The number of aromatic nitrogens is 4. The Morgan fingerprint density at radius 1 is 1.67 bits per heavy atom. The second-order valence-electron chi connectivity index (χ2n) is 2.92. The van der Waals surface area contributed by atoms with Crippen LogP contribution < -0.4 is 5.73 Å². The van der Waals surface area contributed by atoms with Crippen molar-refractivity contribution in [1.29, 1.82) is 0 Å². The van der Waals surface area contributed by atoms with Gasteiger partial charge in [0.1, 0.15) is 0 Å². The van der Waals surface area contributed by atoms with E-state index in [1.165, 1.54) is 11.8 Å². The lowest BCUT2D eigenvalue weighted by Gasteiger charge is -2.00. The number of amides is 1. The highest BCUT2D eigenvalue weighted by molar-refractivity contribution is 8.00. The number of carbonyl (C=O) groups is 1. The molecule has 2 N–H and O–H groups in total. The molecule has 0 saturated carbocycles. The molecule has 2 heterocycles. The summed E-state index contributed by atoms with van der Waals surface area (Å²) < 4.78 is 1.55. The number of fused-ring (bicyclic) bond motifs is 1. The molecule has 0 saturated heterocycles. The molecule has 1 unspecified atom stereocenters. The maximum Gasteiger partial charge on any atom is 0.253 e. The summed E-state index contributed by atoms with van der Waals surface area (Å²) in [5, 5.41) is 4.29. The molecule has 7 heteroatoms. The monoisotopic (exact) mass is 223 g/mol. The number of hydrogen-bond acceptors (Lipinski definition) is 5. The van der Waals surface area contributed by atoms with E-state index >= 15 is 0 Å². The zero-order valence-corrected chi connectivity index (χ0v) is 8.81. The molecule has 0 aliphatic carbocycles. The highest BCUT2D eigenvalue weighted by Gasteiger charge is 2.14. The van der Waals surface area contributed by atoms with Gasteiger partial charge in [-0.2, -0.15) is 4.98 Å². The van der Waals surface area contributed by atoms with Crippen LogP contribution in [0.2, 0.25) is 0 Å². The van der Waals surface area contributed by atoms with Crippen LogP contribution in [0, 0.1) is 0 Å². The van der Waals surface area contributed by atoms with E-state index in [4.69, 9.17) is 5.73 Å². The molecule has 78 valence electrons. The smallest absolute Gasteiger partial charge is 0.253 e. The lowest BCUT2D eigenvalue weighted by molar-refractivity contribution is -0.117. The Morgan fingerprint density at radius 3 is 3.13 bits per heavy atom. The molecule has 6 nitrogen and oxygen atoms in total. The lowest BCUT2D eigenvalue weighted by Crippen LogP contribution is -2.22. The van der Waals surface area contributed by atoms with E-state index in [0.29, 0.717) is 10.9 Å². The van der Waals surface area contributed by atoms with E-state index in [1.54, 1.807) is 29.9 Å². The summed E-state index contributed by atoms with van der Waals surface area (Å²) >= 11 is 1.22. The van der Waals surface area contributed by atoms with Crippen molar-refractivity contribution in [2.45, 2.75) is 17.3 Å². The molecule has 2 rings (SSSR count). The second-order valence-corrected chi connectivity index (χ2v) is 4.23. The van der Waals surface area contributed by atoms with Crippen LogP contribution in [0.1, 0.15) is 6.92 Å². The lowest BCUT2D eigenvalue weighted by atomic mass is 10.5. The molecule has 0 fully saturated rings. The number of thioether (sulfide) groups is 1. The zero-order chi connectivity index (χ0) is 10.8. The minimum atomic E-state index is -0.383. The topological polar surface area (TPSA) is 86.2 Å². The molecule has 0 aliphatic rings. The van der Waals surface area contributed by atoms with Gasteiger partial charge in [-0.25, -0.2) is 9.50 Å². The standard InChI is InChI=1S/C8H9N5OS/c1-5(6(9)14)15-8-11-7-10-3-2-4-13(7)12-8/h2-5H,1H3,(H2,9,14). The van der Waals surface area contributed by atoms with Crippen LogP contribution in [0.25, 0.3) is 5.78 Å². The quantitative estimate of drug-likeness (QED) is 0.745. The first kappa shape index (κ1) is 9.91. The van der Waals surface area contributed by atoms with Gasteiger partial charge in [-0.1, -0.05) is 11.8 Å². The second kappa shape index (κ2) is 3.85. The molecule has 0 aromatic carbocycles. The first-order chi connectivity index (χ1) is 7.16. The average Bonchev–Trinajstić information content (AvgIpc) is 2.59. The fourth-order valence-electron chi connectivity index (χ4n) is 0.980. The molecule has 2 aromatic rings. The summed E-state index contributed by atoms with van der Waals surface area (Å²) in [5.41, 5.74) is 5.14. The van der Waals surface area contributed by atoms with Crippen molar-refractivity contribution in [2.24, 2.45) is 5.73 Å². The molecule has 2 aromatic heterocycles. The average molecular weight is 223 g/mol. The third-order valence-electron chi connectivity index (χ3n) is 1.78. The highest BCUT2D eigenvalue weighted by atomic mass is 32.2. The van der Waals surface area contributed by atoms with E-state index < -0.39 is 0 Å². The molecule has 1 atom stereocenters. The van der Waals surface area contributed by atoms with Crippen LogP contribution in [0.15, 0.2) is 23.6 Å². The van der Waals surface area contributed by atoms with Crippen molar-refractivity contribution in [1.82, 2.24) is 19.6 Å². The number of primary amides is 1. The third-order valence-corrected chi connectivity index (χ3v) is 2.75. The van der Waals surface area contributed by atoms with Crippen LogP contribution in [0.3, 0.4) is 0 Å². The van der Waals surface area contributed by atoms with Crippen molar-refractivity contribution >= 4 is 23.4 Å². The Morgan fingerprint density at radius 2 is 2.47 bits per heavy atom. The fourth-order valence-corrected chi connectivity index (χ4v) is 1.68. The molecular weight excluding hydrogens is 214 g/mol. The van der Waals surface area contributed by atoms with Gasteiger partial charge in [0.05, 0.1) is 5.25 Å². The molecule has 15 heavy (non-hydrogen) atoms. The molecule has 1 amide bonds. The normalized spacial score (nSPS) is 12.9. The van der Waals surface area contributed by atoms with Crippen molar-refractivity contribution in [3.8, 4) is 0 Å². The summed E-state index contributed by atoms with van der Waals surface area (Å²) in [6, 6.07) is 1.76. The number of rotatable bonds is 3. The molecule has 0 bridgehead atoms. The van der Waals surface area contributed by atoms with Crippen molar-refractivity contribution in [2.75, 3.05) is 0 Å². The summed E-state index contributed by atoms with van der Waals surface area (Å²) in [6.45, 7) is 1.71. The predicted molar refractivity (Wildman–Crippen MR) is 55.3 cm³/mol. The van der Waals surface area contributed by atoms with Gasteiger partial charge < -0.3 is 5.73 Å². The van der Waals surface area contributed by atoms with Crippen molar-refractivity contribution in [3.63, 3.8) is 0 Å². The number of nitrogens with zero attached hydrogens (tertiary/aromatic N) is 4. The molecule has 0 radical (unpaired) electrons. The van der Waals surface area contributed by atoms with Crippen LogP contribution in [0.4, 0.5) is 0 Å². The van der Waals surface area contributed by atoms with Gasteiger partial charge in [0.15, 0.2) is 0 Å². The number of carbonyl (C=O) groups excluding carboxylic acids is 1. The third kappa shape index (κ3) is 2.07. The van der Waals surface area contributed by atoms with Gasteiger partial charge in [-0.05, 0) is 13.0 Å². The maximum absolute atomic E-state index is 10.8. The van der Waals surface area contributed by atoms with Gasteiger partial charge in [-0.15, -0.1) is 5.10 Å². The maximum atomic E-state index is 10.8. The minimum absolute atomic E-state index is 0.345. The van der Waals surface area contributed by atoms with E-state index in [-0.39, 0.29) is 11.2 Å². The minimum Gasteiger partial charge on any atom is -0.369 e. The van der Waals surface area contributed by atoms with Crippen molar-refractivity contribution in [3.05, 3.63) is 18.5 Å². The molecular formula is C8H9N5OS. The van der Waals surface area contributed by atoms with Crippen LogP contribution >= 0.6 is 11.8 Å². The Labute approximate surface area is 89.9 Å². The van der Waals surface area contributed by atoms with Gasteiger partial charge in [0.2, 0.25) is 11.1 Å². The number of nitrogens with two attached hydrogens (primary N) is 1. The first-order valence-electron chi connectivity index (χ1n) is 4.30. The van der Waals surface area contributed by atoms with Crippen LogP contribution in [-0.2, 0) is 4.79 Å². The van der Waals surface area contributed by atoms with Crippen LogP contribution in [-0.4, -0.2) is 30.7 Å². The largest absolute Gasteiger partial charge is 0.369 e. The summed E-state index contributed by atoms with van der Waals surface area (Å²) in [7, 11) is 0. The van der Waals surface area contributed by atoms with Gasteiger partial charge in [-0.3, -0.25) is 4.79 Å². The van der Waals surface area contributed by atoms with E-state index in [0.717, 1.165) is 0 Å². The summed E-state index contributed by atoms with van der Waals surface area (Å²) in [6.07, 6.45) is 3.38. The van der Waals surface area contributed by atoms with E-state index in [2.05, 4.69) is 15.1 Å². The zero-order valence-electron chi connectivity index (χ0n) is 7.99. The molecule has 0 aliphatic heterocycles. The van der Waals surface area contributed by atoms with Gasteiger partial charge >= 0.3 is 0 Å². The highest BCUT2D eigenvalue weighted by Crippen LogP contribution is 2.18. The van der Waals surface area contributed by atoms with E-state index in [9.17, 15) is 4.79 Å². The molecule has 0 spiro atoms. The van der Waals surface area contributed by atoms with Crippen LogP contribution in [0.5, 0.6) is 0 Å². The first-order valence-corrected chi connectivity index (χ1v) is 5.18. The summed E-state index contributed by atoms with van der Waals surface area (Å²) in [4.78, 5) is 19.0.